The number of nitrogens with two attached hydrogens (primary N) is 1. The quantitative estimate of drug-likeness (QED) is 0.704. The molecule has 5 nitrogen and oxygen atoms in total. The van der Waals surface area contributed by atoms with Gasteiger partial charge in [0.25, 0.3) is 10.2 Å². The largest absolute Gasteiger partial charge is 0.392 e. The van der Waals surface area contributed by atoms with Crippen LogP contribution in [0.25, 0.3) is 0 Å². The molecule has 1 saturated carbocycles. The lowest BCUT2D eigenvalue weighted by Crippen LogP contribution is -2.58. The highest BCUT2D eigenvalue weighted by molar-refractivity contribution is 7.87. The average molecular weight is 279 g/mol. The third kappa shape index (κ3) is 3.15. The normalized spacial score (nSPS) is 19.7. The van der Waals surface area contributed by atoms with Crippen molar-refractivity contribution in [3.63, 3.8) is 0 Å². The molecule has 1 fully saturated rings. The first-order valence-electron chi connectivity index (χ1n) is 5.97. The molecule has 17 heavy (non-hydrogen) atoms. The minimum absolute atomic E-state index is 0.255. The van der Waals surface area contributed by atoms with E-state index in [1.54, 1.807) is 0 Å². The second kappa shape index (κ2) is 5.60. The first kappa shape index (κ1) is 14.8. The van der Waals surface area contributed by atoms with Crippen LogP contribution in [0.15, 0.2) is 0 Å². The molecule has 0 amide bonds. The molecule has 0 aromatic rings. The van der Waals surface area contributed by atoms with Crippen molar-refractivity contribution in [3.05, 3.63) is 0 Å². The van der Waals surface area contributed by atoms with E-state index in [2.05, 4.69) is 4.72 Å². The molecule has 0 radical (unpaired) electrons. The van der Waals surface area contributed by atoms with Crippen molar-refractivity contribution >= 4 is 27.4 Å². The van der Waals surface area contributed by atoms with Crippen molar-refractivity contribution in [2.75, 3.05) is 13.1 Å². The van der Waals surface area contributed by atoms with Crippen molar-refractivity contribution in [1.29, 1.82) is 0 Å². The van der Waals surface area contributed by atoms with Gasteiger partial charge < -0.3 is 5.73 Å². The second-order valence-corrected chi connectivity index (χ2v) is 6.46. The maximum absolute atomic E-state index is 12.2. The number of hydrogen-bond donors (Lipinski definition) is 2. The SMILES string of the molecule is CCN(CC)S(=O)(=O)NC1(C(N)=S)CCCC1. The minimum atomic E-state index is -3.49. The maximum atomic E-state index is 12.2. The Morgan fingerprint density at radius 3 is 2.18 bits per heavy atom. The highest BCUT2D eigenvalue weighted by atomic mass is 32.2. The molecule has 3 N–H and O–H groups in total. The van der Waals surface area contributed by atoms with E-state index < -0.39 is 15.7 Å². The molecule has 0 heterocycles. The Labute approximate surface area is 109 Å². The summed E-state index contributed by atoms with van der Waals surface area (Å²) in [6.45, 7) is 4.51. The summed E-state index contributed by atoms with van der Waals surface area (Å²) in [6, 6.07) is 0. The number of thiocarbonyl (C=S) groups is 1. The van der Waals surface area contributed by atoms with Crippen molar-refractivity contribution in [1.82, 2.24) is 9.03 Å². The van der Waals surface area contributed by atoms with Gasteiger partial charge in [0.15, 0.2) is 0 Å². The zero-order valence-corrected chi connectivity index (χ0v) is 12.0. The van der Waals surface area contributed by atoms with Gasteiger partial charge in [0, 0.05) is 13.1 Å². The summed E-state index contributed by atoms with van der Waals surface area (Å²) in [7, 11) is -3.49. The Morgan fingerprint density at radius 2 is 1.82 bits per heavy atom. The van der Waals surface area contributed by atoms with Crippen LogP contribution in [0.4, 0.5) is 0 Å². The van der Waals surface area contributed by atoms with E-state index in [1.807, 2.05) is 13.8 Å². The average Bonchev–Trinajstić information content (AvgIpc) is 2.68. The fraction of sp³-hybridized carbons (Fsp3) is 0.900. The van der Waals surface area contributed by atoms with Crippen LogP contribution in [0.3, 0.4) is 0 Å². The van der Waals surface area contributed by atoms with Crippen LogP contribution >= 0.6 is 12.2 Å². The van der Waals surface area contributed by atoms with Crippen molar-refractivity contribution in [3.8, 4) is 0 Å². The monoisotopic (exact) mass is 279 g/mol. The first-order chi connectivity index (χ1) is 7.88. The topological polar surface area (TPSA) is 75.4 Å². The van der Waals surface area contributed by atoms with Gasteiger partial charge in [-0.25, -0.2) is 0 Å². The molecule has 0 spiro atoms. The van der Waals surface area contributed by atoms with Gasteiger partial charge in [0.2, 0.25) is 0 Å². The Bertz CT molecular complexity index is 371. The molecule has 0 aromatic carbocycles. The van der Waals surface area contributed by atoms with Gasteiger partial charge in [-0.3, -0.25) is 0 Å². The predicted octanol–water partition coefficient (Wildman–Crippen LogP) is 0.761. The number of hydrogen-bond acceptors (Lipinski definition) is 3. The van der Waals surface area contributed by atoms with Crippen molar-refractivity contribution in [2.45, 2.75) is 45.1 Å². The van der Waals surface area contributed by atoms with Crippen LogP contribution in [0, 0.1) is 0 Å². The van der Waals surface area contributed by atoms with E-state index in [4.69, 9.17) is 18.0 Å². The summed E-state index contributed by atoms with van der Waals surface area (Å²) in [5.41, 5.74) is 5.00. The van der Waals surface area contributed by atoms with Crippen molar-refractivity contribution < 1.29 is 8.42 Å². The molecular weight excluding hydrogens is 258 g/mol. The van der Waals surface area contributed by atoms with Gasteiger partial charge in [0.1, 0.15) is 0 Å². The molecule has 0 saturated heterocycles. The highest BCUT2D eigenvalue weighted by Crippen LogP contribution is 2.31. The molecule has 0 atom stereocenters. The van der Waals surface area contributed by atoms with E-state index in [0.29, 0.717) is 25.9 Å². The Hall–Kier alpha value is -0.240. The summed E-state index contributed by atoms with van der Waals surface area (Å²) < 4.78 is 28.4. The number of nitrogens with zero attached hydrogens (tertiary/aromatic N) is 1. The van der Waals surface area contributed by atoms with E-state index in [9.17, 15) is 8.42 Å². The van der Waals surface area contributed by atoms with Gasteiger partial charge in [0.05, 0.1) is 10.5 Å². The molecule has 100 valence electrons. The molecule has 1 rings (SSSR count). The summed E-state index contributed by atoms with van der Waals surface area (Å²) in [6.07, 6.45) is 3.31. The summed E-state index contributed by atoms with van der Waals surface area (Å²) in [4.78, 5) is 0.255. The molecular formula is C10H21N3O2S2. The Balaban J connectivity index is 2.91. The van der Waals surface area contributed by atoms with Crippen LogP contribution in [0.1, 0.15) is 39.5 Å². The number of nitrogens with one attached hydrogen (secondary N) is 1. The summed E-state index contributed by atoms with van der Waals surface area (Å²) in [5, 5.41) is 0. The van der Waals surface area contributed by atoms with Gasteiger partial charge in [-0.05, 0) is 12.8 Å². The lowest BCUT2D eigenvalue weighted by Gasteiger charge is -2.31. The third-order valence-corrected chi connectivity index (χ3v) is 5.53. The molecule has 1 aliphatic rings. The van der Waals surface area contributed by atoms with E-state index in [0.717, 1.165) is 12.8 Å². The molecule has 0 unspecified atom stereocenters. The Morgan fingerprint density at radius 1 is 1.35 bits per heavy atom. The molecule has 0 aromatic heterocycles. The lowest BCUT2D eigenvalue weighted by atomic mass is 10.00. The standard InChI is InChI=1S/C10H21N3O2S2/c1-3-13(4-2)17(14,15)12-10(9(11)16)7-5-6-8-10/h12H,3-8H2,1-2H3,(H2,11,16). The minimum Gasteiger partial charge on any atom is -0.392 e. The second-order valence-electron chi connectivity index (χ2n) is 4.34. The third-order valence-electron chi connectivity index (χ3n) is 3.30. The van der Waals surface area contributed by atoms with Gasteiger partial charge >= 0.3 is 0 Å². The Kier molecular flexibility index (Phi) is 4.88. The molecule has 0 aliphatic heterocycles. The fourth-order valence-electron chi connectivity index (χ4n) is 2.25. The lowest BCUT2D eigenvalue weighted by molar-refractivity contribution is 0.412. The maximum Gasteiger partial charge on any atom is 0.280 e. The first-order valence-corrected chi connectivity index (χ1v) is 7.81. The van der Waals surface area contributed by atoms with Crippen LogP contribution in [0.5, 0.6) is 0 Å². The fourth-order valence-corrected chi connectivity index (χ4v) is 4.19. The van der Waals surface area contributed by atoms with Gasteiger partial charge in [-0.1, -0.05) is 38.9 Å². The molecule has 7 heteroatoms. The zero-order valence-electron chi connectivity index (χ0n) is 10.4. The predicted molar refractivity (Wildman–Crippen MR) is 73.0 cm³/mol. The van der Waals surface area contributed by atoms with Gasteiger partial charge in [-0.2, -0.15) is 17.4 Å². The van der Waals surface area contributed by atoms with Crippen LogP contribution < -0.4 is 10.5 Å². The van der Waals surface area contributed by atoms with Crippen LogP contribution in [0.2, 0.25) is 0 Å². The molecule has 1 aliphatic carbocycles. The smallest absolute Gasteiger partial charge is 0.280 e. The summed E-state index contributed by atoms with van der Waals surface area (Å²) >= 11 is 5.03. The zero-order chi connectivity index (χ0) is 13.1. The van der Waals surface area contributed by atoms with E-state index in [-0.39, 0.29) is 4.99 Å². The van der Waals surface area contributed by atoms with Crippen LogP contribution in [-0.4, -0.2) is 36.3 Å². The van der Waals surface area contributed by atoms with Crippen molar-refractivity contribution in [2.24, 2.45) is 5.73 Å². The van der Waals surface area contributed by atoms with E-state index >= 15 is 0 Å². The molecule has 0 bridgehead atoms. The van der Waals surface area contributed by atoms with Crippen LogP contribution in [-0.2, 0) is 10.2 Å². The highest BCUT2D eigenvalue weighted by Gasteiger charge is 2.41. The van der Waals surface area contributed by atoms with E-state index in [1.165, 1.54) is 4.31 Å². The number of rotatable bonds is 6. The summed E-state index contributed by atoms with van der Waals surface area (Å²) in [5.74, 6) is 0. The van der Waals surface area contributed by atoms with Gasteiger partial charge in [-0.15, -0.1) is 0 Å².